The van der Waals surface area contributed by atoms with E-state index in [1.54, 1.807) is 0 Å². The average Bonchev–Trinajstić information content (AvgIpc) is 2.63. The normalized spacial score (nSPS) is 14.8. The zero-order valence-electron chi connectivity index (χ0n) is 9.99. The molecular formula is C12H9BrFIN2O3. The third kappa shape index (κ3) is 3.01. The van der Waals surface area contributed by atoms with Crippen molar-refractivity contribution in [3.8, 4) is 0 Å². The molecule has 8 heteroatoms. The van der Waals surface area contributed by atoms with E-state index in [4.69, 9.17) is 5.11 Å². The van der Waals surface area contributed by atoms with Crippen LogP contribution in [0.25, 0.3) is 0 Å². The van der Waals surface area contributed by atoms with E-state index in [1.807, 2.05) is 22.6 Å². The molecule has 0 aromatic heterocycles. The van der Waals surface area contributed by atoms with Crippen molar-refractivity contribution in [2.75, 3.05) is 18.5 Å². The first-order valence-electron chi connectivity index (χ1n) is 5.54. The number of carbonyl (C=O) groups is 2. The van der Waals surface area contributed by atoms with Crippen LogP contribution in [0, 0.1) is 9.39 Å². The molecule has 1 aliphatic rings. The highest BCUT2D eigenvalue weighted by Gasteiger charge is 2.31. The van der Waals surface area contributed by atoms with Crippen molar-refractivity contribution < 1.29 is 19.1 Å². The molecule has 5 nitrogen and oxygen atoms in total. The quantitative estimate of drug-likeness (QED) is 0.414. The maximum atomic E-state index is 13.4. The first-order chi connectivity index (χ1) is 9.43. The summed E-state index contributed by atoms with van der Waals surface area (Å²) in [5.74, 6) is -1.51. The third-order valence-electron chi connectivity index (χ3n) is 2.60. The molecule has 1 aromatic carbocycles. The SMILES string of the molecule is O=C1C=C(Nc2cc(F)cc(Br)c2I)C(=O)N1CCO. The zero-order chi connectivity index (χ0) is 14.9. The molecular weight excluding hydrogens is 446 g/mol. The molecule has 0 fully saturated rings. The van der Waals surface area contributed by atoms with Crippen LogP contribution in [-0.4, -0.2) is 35.0 Å². The molecule has 0 spiro atoms. The molecule has 20 heavy (non-hydrogen) atoms. The van der Waals surface area contributed by atoms with E-state index in [-0.39, 0.29) is 18.8 Å². The lowest BCUT2D eigenvalue weighted by Crippen LogP contribution is -2.34. The van der Waals surface area contributed by atoms with Crippen molar-refractivity contribution in [2.45, 2.75) is 0 Å². The van der Waals surface area contributed by atoms with Crippen LogP contribution in [0.5, 0.6) is 0 Å². The zero-order valence-corrected chi connectivity index (χ0v) is 13.7. The predicted octanol–water partition coefficient (Wildman–Crippen LogP) is 1.85. The van der Waals surface area contributed by atoms with Gasteiger partial charge in [0, 0.05) is 10.5 Å². The van der Waals surface area contributed by atoms with Gasteiger partial charge in [-0.15, -0.1) is 0 Å². The van der Waals surface area contributed by atoms with Gasteiger partial charge in [0.2, 0.25) is 0 Å². The number of aliphatic hydroxyl groups is 1. The summed E-state index contributed by atoms with van der Waals surface area (Å²) in [7, 11) is 0. The van der Waals surface area contributed by atoms with Crippen LogP contribution in [-0.2, 0) is 9.59 Å². The smallest absolute Gasteiger partial charge is 0.277 e. The van der Waals surface area contributed by atoms with Crippen molar-refractivity contribution in [2.24, 2.45) is 0 Å². The monoisotopic (exact) mass is 454 g/mol. The number of benzene rings is 1. The molecule has 0 radical (unpaired) electrons. The van der Waals surface area contributed by atoms with Gasteiger partial charge in [-0.25, -0.2) is 4.39 Å². The highest BCUT2D eigenvalue weighted by atomic mass is 127. The second-order valence-electron chi connectivity index (χ2n) is 3.95. The van der Waals surface area contributed by atoms with E-state index < -0.39 is 17.6 Å². The van der Waals surface area contributed by atoms with E-state index in [1.165, 1.54) is 12.1 Å². The molecule has 0 atom stereocenters. The molecule has 0 unspecified atom stereocenters. The van der Waals surface area contributed by atoms with Gasteiger partial charge >= 0.3 is 0 Å². The number of halogens is 3. The number of β-amino-alcohol motifs (C(OH)–C–C–N with tert-alkyl or cyclic N) is 1. The van der Waals surface area contributed by atoms with Crippen LogP contribution in [0.3, 0.4) is 0 Å². The topological polar surface area (TPSA) is 69.6 Å². The van der Waals surface area contributed by atoms with Crippen LogP contribution in [0.15, 0.2) is 28.4 Å². The van der Waals surface area contributed by atoms with E-state index in [0.717, 1.165) is 11.0 Å². The van der Waals surface area contributed by atoms with Gasteiger partial charge in [0.1, 0.15) is 11.5 Å². The predicted molar refractivity (Wildman–Crippen MR) is 82.3 cm³/mol. The minimum absolute atomic E-state index is 0.0545. The standard InChI is InChI=1S/C12H9BrFIN2O3/c13-7-3-6(14)4-8(11(7)15)16-9-5-10(19)17(1-2-18)12(9)20/h3-5,16,18H,1-2H2. The summed E-state index contributed by atoms with van der Waals surface area (Å²) in [5.41, 5.74) is 0.439. The summed E-state index contributed by atoms with van der Waals surface area (Å²) in [6.45, 7) is -0.370. The number of amides is 2. The Morgan fingerprint density at radius 1 is 1.40 bits per heavy atom. The lowest BCUT2D eigenvalue weighted by Gasteiger charge is -2.14. The highest BCUT2D eigenvalue weighted by molar-refractivity contribution is 14.1. The van der Waals surface area contributed by atoms with Crippen molar-refractivity contribution >= 4 is 56.0 Å². The molecule has 1 heterocycles. The second kappa shape index (κ2) is 6.19. The summed E-state index contributed by atoms with van der Waals surface area (Å²) in [5, 5.41) is 11.6. The van der Waals surface area contributed by atoms with Gasteiger partial charge in [-0.05, 0) is 50.7 Å². The molecule has 2 rings (SSSR count). The average molecular weight is 455 g/mol. The van der Waals surface area contributed by atoms with Crippen molar-refractivity contribution in [3.63, 3.8) is 0 Å². The minimum Gasteiger partial charge on any atom is -0.395 e. The number of nitrogens with zero attached hydrogens (tertiary/aromatic N) is 1. The molecule has 1 aliphatic heterocycles. The number of nitrogens with one attached hydrogen (secondary N) is 1. The minimum atomic E-state index is -0.541. The summed E-state index contributed by atoms with van der Waals surface area (Å²) < 4.78 is 14.6. The molecule has 0 bridgehead atoms. The molecule has 2 N–H and O–H groups in total. The Hall–Kier alpha value is -1.00. The van der Waals surface area contributed by atoms with Crippen molar-refractivity contribution in [1.82, 2.24) is 4.90 Å². The largest absolute Gasteiger partial charge is 0.395 e. The Morgan fingerprint density at radius 2 is 2.10 bits per heavy atom. The van der Waals surface area contributed by atoms with Gasteiger partial charge in [0.05, 0.1) is 22.4 Å². The molecule has 0 aliphatic carbocycles. The van der Waals surface area contributed by atoms with Crippen LogP contribution in [0.1, 0.15) is 0 Å². The van der Waals surface area contributed by atoms with Gasteiger partial charge in [-0.1, -0.05) is 0 Å². The van der Waals surface area contributed by atoms with E-state index in [2.05, 4.69) is 21.2 Å². The number of carbonyl (C=O) groups excluding carboxylic acids is 2. The number of anilines is 1. The number of rotatable bonds is 4. The summed E-state index contributed by atoms with van der Waals surface area (Å²) in [6.07, 6.45) is 1.13. The summed E-state index contributed by atoms with van der Waals surface area (Å²) in [6, 6.07) is 2.54. The van der Waals surface area contributed by atoms with Crippen LogP contribution in [0.2, 0.25) is 0 Å². The molecule has 0 saturated heterocycles. The van der Waals surface area contributed by atoms with Gasteiger partial charge in [-0.3, -0.25) is 14.5 Å². The second-order valence-corrected chi connectivity index (χ2v) is 5.88. The fourth-order valence-electron chi connectivity index (χ4n) is 1.70. The first-order valence-corrected chi connectivity index (χ1v) is 7.41. The van der Waals surface area contributed by atoms with Crippen molar-refractivity contribution in [1.29, 1.82) is 0 Å². The number of hydrogen-bond acceptors (Lipinski definition) is 4. The summed E-state index contributed by atoms with van der Waals surface area (Å²) in [4.78, 5) is 24.5. The van der Waals surface area contributed by atoms with Crippen LogP contribution in [0.4, 0.5) is 10.1 Å². The van der Waals surface area contributed by atoms with Gasteiger partial charge in [0.15, 0.2) is 0 Å². The maximum absolute atomic E-state index is 13.4. The Balaban J connectivity index is 2.26. The van der Waals surface area contributed by atoms with Crippen LogP contribution >= 0.6 is 38.5 Å². The fourth-order valence-corrected chi connectivity index (χ4v) is 2.58. The first kappa shape index (κ1) is 15.4. The van der Waals surface area contributed by atoms with E-state index in [9.17, 15) is 14.0 Å². The lowest BCUT2D eigenvalue weighted by atomic mass is 10.3. The Labute approximate surface area is 136 Å². The Morgan fingerprint density at radius 3 is 2.75 bits per heavy atom. The third-order valence-corrected chi connectivity index (χ3v) is 5.12. The highest BCUT2D eigenvalue weighted by Crippen LogP contribution is 2.29. The number of aliphatic hydroxyl groups excluding tert-OH is 1. The number of imide groups is 1. The maximum Gasteiger partial charge on any atom is 0.277 e. The molecule has 2 amide bonds. The van der Waals surface area contributed by atoms with Crippen LogP contribution < -0.4 is 5.32 Å². The Kier molecular flexibility index (Phi) is 4.76. The Bertz CT molecular complexity index is 621. The van der Waals surface area contributed by atoms with Crippen molar-refractivity contribution in [3.05, 3.63) is 37.8 Å². The molecule has 0 saturated carbocycles. The van der Waals surface area contributed by atoms with E-state index >= 15 is 0 Å². The molecule has 106 valence electrons. The van der Waals surface area contributed by atoms with Gasteiger partial charge in [0.25, 0.3) is 11.8 Å². The van der Waals surface area contributed by atoms with E-state index in [0.29, 0.717) is 13.7 Å². The van der Waals surface area contributed by atoms with Gasteiger partial charge < -0.3 is 10.4 Å². The lowest BCUT2D eigenvalue weighted by molar-refractivity contribution is -0.137. The fraction of sp³-hybridized carbons (Fsp3) is 0.167. The molecule has 1 aromatic rings. The summed E-state index contributed by atoms with van der Waals surface area (Å²) >= 11 is 5.20. The number of hydrogen-bond donors (Lipinski definition) is 2. The van der Waals surface area contributed by atoms with Gasteiger partial charge in [-0.2, -0.15) is 0 Å².